The Morgan fingerprint density at radius 1 is 1.10 bits per heavy atom. The highest BCUT2D eigenvalue weighted by Crippen LogP contribution is 2.22. The molecule has 1 N–H and O–H groups in total. The Morgan fingerprint density at radius 2 is 1.90 bits per heavy atom. The van der Waals surface area contributed by atoms with Gasteiger partial charge in [-0.25, -0.2) is 9.50 Å². The zero-order chi connectivity index (χ0) is 20.4. The number of aromatic nitrogens is 3. The molecule has 154 valence electrons. The van der Waals surface area contributed by atoms with Crippen molar-refractivity contribution in [3.8, 4) is 0 Å². The first-order valence-electron chi connectivity index (χ1n) is 10.2. The number of carbonyl (C=O) groups excluding carboxylic acids is 3. The van der Waals surface area contributed by atoms with E-state index < -0.39 is 0 Å². The Balaban J connectivity index is 1.47. The number of hydrogen-bond acceptors (Lipinski definition) is 5. The third-order valence-corrected chi connectivity index (χ3v) is 5.82. The summed E-state index contributed by atoms with van der Waals surface area (Å²) in [4.78, 5) is 45.6. The van der Waals surface area contributed by atoms with Gasteiger partial charge < -0.3 is 15.1 Å². The highest BCUT2D eigenvalue weighted by Gasteiger charge is 2.33. The fourth-order valence-corrected chi connectivity index (χ4v) is 4.21. The topological polar surface area (TPSA) is 99.9 Å². The van der Waals surface area contributed by atoms with Crippen molar-refractivity contribution in [3.63, 3.8) is 0 Å². The Morgan fingerprint density at radius 3 is 2.66 bits per heavy atom. The second-order valence-electron chi connectivity index (χ2n) is 7.85. The van der Waals surface area contributed by atoms with Crippen molar-refractivity contribution in [1.82, 2.24) is 29.7 Å². The van der Waals surface area contributed by atoms with Crippen LogP contribution in [0.5, 0.6) is 0 Å². The van der Waals surface area contributed by atoms with Crippen LogP contribution in [-0.2, 0) is 9.59 Å². The van der Waals surface area contributed by atoms with Gasteiger partial charge in [0.1, 0.15) is 5.56 Å². The third kappa shape index (κ3) is 4.08. The fourth-order valence-electron chi connectivity index (χ4n) is 4.21. The third-order valence-electron chi connectivity index (χ3n) is 5.82. The number of nitrogens with one attached hydrogen (secondary N) is 1. The quantitative estimate of drug-likeness (QED) is 0.821. The lowest BCUT2D eigenvalue weighted by molar-refractivity contribution is -0.136. The zero-order valence-corrected chi connectivity index (χ0v) is 16.6. The van der Waals surface area contributed by atoms with Crippen LogP contribution in [0.25, 0.3) is 5.65 Å². The molecule has 0 spiro atoms. The van der Waals surface area contributed by atoms with E-state index in [0.29, 0.717) is 37.1 Å². The second-order valence-corrected chi connectivity index (χ2v) is 7.85. The summed E-state index contributed by atoms with van der Waals surface area (Å²) in [5, 5.41) is 7.17. The van der Waals surface area contributed by atoms with Gasteiger partial charge in [0.25, 0.3) is 5.91 Å². The lowest BCUT2D eigenvalue weighted by Gasteiger charge is -2.27. The van der Waals surface area contributed by atoms with Crippen LogP contribution in [0.2, 0.25) is 0 Å². The summed E-state index contributed by atoms with van der Waals surface area (Å²) in [7, 11) is 0. The minimum atomic E-state index is -0.267. The molecule has 2 aliphatic heterocycles. The van der Waals surface area contributed by atoms with E-state index in [9.17, 15) is 14.4 Å². The Hall–Kier alpha value is -2.97. The van der Waals surface area contributed by atoms with E-state index in [0.717, 1.165) is 25.9 Å². The highest BCUT2D eigenvalue weighted by atomic mass is 16.2. The van der Waals surface area contributed by atoms with Crippen LogP contribution in [0.3, 0.4) is 0 Å². The van der Waals surface area contributed by atoms with E-state index in [4.69, 9.17) is 0 Å². The van der Waals surface area contributed by atoms with Gasteiger partial charge in [-0.15, -0.1) is 0 Å². The van der Waals surface area contributed by atoms with Gasteiger partial charge in [0.15, 0.2) is 5.65 Å². The second kappa shape index (κ2) is 8.18. The van der Waals surface area contributed by atoms with Gasteiger partial charge in [0.2, 0.25) is 11.8 Å². The van der Waals surface area contributed by atoms with Gasteiger partial charge in [0, 0.05) is 51.5 Å². The fraction of sp³-hybridized carbons (Fsp3) is 0.550. The standard InChI is InChI=1S/C20H26N6O3/c1-14(27)25-12-15(20(29)24-8-2-3-9-24)5-6-16(13-25)23-19(28)17-11-22-26-10-4-7-21-18(17)26/h4,7,10-11,15-16H,2-3,5-6,8-9,12-13H2,1H3,(H,23,28)/t15-,16+/m1/s1. The molecular formula is C20H26N6O3. The van der Waals surface area contributed by atoms with Gasteiger partial charge in [-0.2, -0.15) is 5.10 Å². The van der Waals surface area contributed by atoms with Gasteiger partial charge in [-0.3, -0.25) is 14.4 Å². The van der Waals surface area contributed by atoms with Crippen molar-refractivity contribution >= 4 is 23.4 Å². The normalized spacial score (nSPS) is 22.5. The smallest absolute Gasteiger partial charge is 0.257 e. The molecule has 29 heavy (non-hydrogen) atoms. The van der Waals surface area contributed by atoms with Crippen LogP contribution in [0.15, 0.2) is 24.7 Å². The maximum absolute atomic E-state index is 12.9. The Bertz CT molecular complexity index is 920. The number of carbonyl (C=O) groups is 3. The zero-order valence-electron chi connectivity index (χ0n) is 16.6. The average molecular weight is 398 g/mol. The molecule has 0 radical (unpaired) electrons. The molecule has 0 aliphatic carbocycles. The largest absolute Gasteiger partial charge is 0.347 e. The van der Waals surface area contributed by atoms with E-state index >= 15 is 0 Å². The summed E-state index contributed by atoms with van der Waals surface area (Å²) in [6.45, 7) is 3.93. The molecule has 2 aromatic rings. The van der Waals surface area contributed by atoms with Crippen molar-refractivity contribution in [3.05, 3.63) is 30.2 Å². The summed E-state index contributed by atoms with van der Waals surface area (Å²) in [6, 6.07) is 1.52. The summed E-state index contributed by atoms with van der Waals surface area (Å²) in [5.41, 5.74) is 0.887. The minimum Gasteiger partial charge on any atom is -0.347 e. The first-order chi connectivity index (χ1) is 14.0. The molecule has 4 rings (SSSR count). The molecule has 2 aromatic heterocycles. The van der Waals surface area contributed by atoms with Crippen molar-refractivity contribution < 1.29 is 14.4 Å². The minimum absolute atomic E-state index is 0.0805. The summed E-state index contributed by atoms with van der Waals surface area (Å²) in [6.07, 6.45) is 8.23. The van der Waals surface area contributed by atoms with Crippen LogP contribution >= 0.6 is 0 Å². The molecular weight excluding hydrogens is 372 g/mol. The molecule has 2 saturated heterocycles. The highest BCUT2D eigenvalue weighted by molar-refractivity contribution is 5.99. The molecule has 2 atom stereocenters. The number of fused-ring (bicyclic) bond motifs is 1. The predicted octanol–water partition coefficient (Wildman–Crippen LogP) is 0.709. The van der Waals surface area contributed by atoms with Gasteiger partial charge >= 0.3 is 0 Å². The van der Waals surface area contributed by atoms with Crippen LogP contribution in [-0.4, -0.2) is 74.3 Å². The molecule has 3 amide bonds. The van der Waals surface area contributed by atoms with Crippen molar-refractivity contribution in [2.75, 3.05) is 26.2 Å². The molecule has 9 nitrogen and oxygen atoms in total. The van der Waals surface area contributed by atoms with Crippen LogP contribution in [0.4, 0.5) is 0 Å². The summed E-state index contributed by atoms with van der Waals surface area (Å²) in [5.74, 6) is -0.426. The van der Waals surface area contributed by atoms with Gasteiger partial charge in [0.05, 0.1) is 12.1 Å². The molecule has 2 aliphatic rings. The van der Waals surface area contributed by atoms with Gasteiger partial charge in [-0.1, -0.05) is 0 Å². The van der Waals surface area contributed by atoms with E-state index in [2.05, 4.69) is 15.4 Å². The summed E-state index contributed by atoms with van der Waals surface area (Å²) < 4.78 is 1.55. The molecule has 0 aromatic carbocycles. The van der Waals surface area contributed by atoms with Crippen LogP contribution in [0.1, 0.15) is 43.0 Å². The van der Waals surface area contributed by atoms with E-state index in [1.165, 1.54) is 13.1 Å². The van der Waals surface area contributed by atoms with E-state index in [1.807, 2.05) is 4.90 Å². The van der Waals surface area contributed by atoms with Gasteiger partial charge in [-0.05, 0) is 31.7 Å². The number of nitrogens with zero attached hydrogens (tertiary/aromatic N) is 5. The monoisotopic (exact) mass is 398 g/mol. The Labute approximate surface area is 169 Å². The number of amides is 3. The van der Waals surface area contributed by atoms with Crippen molar-refractivity contribution in [2.45, 2.75) is 38.6 Å². The lowest BCUT2D eigenvalue weighted by atomic mass is 10.00. The first-order valence-corrected chi connectivity index (χ1v) is 10.2. The molecule has 2 fully saturated rings. The molecule has 0 bridgehead atoms. The van der Waals surface area contributed by atoms with Crippen molar-refractivity contribution in [1.29, 1.82) is 0 Å². The van der Waals surface area contributed by atoms with E-state index in [1.54, 1.807) is 27.9 Å². The maximum atomic E-state index is 12.9. The van der Waals surface area contributed by atoms with E-state index in [-0.39, 0.29) is 29.7 Å². The lowest BCUT2D eigenvalue weighted by Crippen LogP contribution is -2.45. The first kappa shape index (κ1) is 19.4. The molecule has 4 heterocycles. The summed E-state index contributed by atoms with van der Waals surface area (Å²) >= 11 is 0. The molecule has 0 saturated carbocycles. The molecule has 0 unspecified atom stereocenters. The predicted molar refractivity (Wildman–Crippen MR) is 105 cm³/mol. The Kier molecular flexibility index (Phi) is 5.46. The number of rotatable bonds is 3. The average Bonchev–Trinajstić information content (AvgIpc) is 3.34. The molecule has 9 heteroatoms. The van der Waals surface area contributed by atoms with Crippen LogP contribution < -0.4 is 5.32 Å². The van der Waals surface area contributed by atoms with Crippen LogP contribution in [0, 0.1) is 5.92 Å². The number of hydrogen-bond donors (Lipinski definition) is 1. The SMILES string of the molecule is CC(=O)N1C[C@@H](NC(=O)c2cnn3cccnc23)CC[C@@H](C(=O)N2CCCC2)C1. The maximum Gasteiger partial charge on any atom is 0.257 e. The van der Waals surface area contributed by atoms with Crippen molar-refractivity contribution in [2.24, 2.45) is 5.92 Å². The number of likely N-dealkylation sites (tertiary alicyclic amines) is 2.